The molecule has 7 heteroatoms. The summed E-state index contributed by atoms with van der Waals surface area (Å²) in [6.45, 7) is 7.18. The first-order valence-electron chi connectivity index (χ1n) is 8.68. The maximum atomic E-state index is 12.4. The van der Waals surface area contributed by atoms with E-state index in [1.165, 1.54) is 0 Å². The Kier molecular flexibility index (Phi) is 4.78. The number of nitrogens with one attached hydrogen (secondary N) is 1. The quantitative estimate of drug-likeness (QED) is 0.684. The van der Waals surface area contributed by atoms with Crippen molar-refractivity contribution in [2.45, 2.75) is 46.6 Å². The third-order valence-corrected chi connectivity index (χ3v) is 4.83. The summed E-state index contributed by atoms with van der Waals surface area (Å²) in [6.07, 6.45) is 1.54. The second kappa shape index (κ2) is 6.90. The molecule has 1 N–H and O–H groups in total. The number of furan rings is 1. The molecule has 3 aromatic rings. The Bertz CT molecular complexity index is 1120. The van der Waals surface area contributed by atoms with Crippen molar-refractivity contribution in [2.75, 3.05) is 0 Å². The minimum atomic E-state index is -1.36. The molecule has 2 aromatic heterocycles. The molecular formula is C20H20NO6-. The fraction of sp³-hybridized carbons (Fsp3) is 0.350. The fourth-order valence-electron chi connectivity index (χ4n) is 3.41. The molecule has 1 amide bonds. The molecule has 3 rings (SSSR count). The minimum Gasteiger partial charge on any atom is -0.548 e. The number of carboxylic acids is 1. The van der Waals surface area contributed by atoms with Gasteiger partial charge in [-0.1, -0.05) is 6.92 Å². The van der Waals surface area contributed by atoms with Crippen LogP contribution in [0.15, 0.2) is 26.0 Å². The molecule has 27 heavy (non-hydrogen) atoms. The summed E-state index contributed by atoms with van der Waals surface area (Å²) >= 11 is 0. The van der Waals surface area contributed by atoms with E-state index in [4.69, 9.17) is 8.83 Å². The highest BCUT2D eigenvalue weighted by molar-refractivity contribution is 6.07. The predicted octanol–water partition coefficient (Wildman–Crippen LogP) is 1.65. The number of benzene rings is 1. The minimum absolute atomic E-state index is 0.174. The van der Waals surface area contributed by atoms with E-state index in [-0.39, 0.29) is 18.4 Å². The topological polar surface area (TPSA) is 113 Å². The first-order chi connectivity index (χ1) is 12.7. The zero-order valence-electron chi connectivity index (χ0n) is 15.6. The van der Waals surface area contributed by atoms with Gasteiger partial charge in [-0.3, -0.25) is 4.79 Å². The van der Waals surface area contributed by atoms with E-state index >= 15 is 0 Å². The average Bonchev–Trinajstić information content (AvgIpc) is 2.98. The first kappa shape index (κ1) is 18.7. The lowest BCUT2D eigenvalue weighted by molar-refractivity contribution is -0.308. The lowest BCUT2D eigenvalue weighted by atomic mass is 9.98. The van der Waals surface area contributed by atoms with Crippen LogP contribution in [0, 0.1) is 20.8 Å². The lowest BCUT2D eigenvalue weighted by Gasteiger charge is -2.18. The average molecular weight is 370 g/mol. The first-order valence-corrected chi connectivity index (χ1v) is 8.68. The SMILES string of the molecule is CC[C@@H](NC(=O)Cc1c(C)c2c(cc(C)c3c(C)coc32)oc1=O)C(=O)[O-]. The van der Waals surface area contributed by atoms with Crippen LogP contribution in [0.25, 0.3) is 21.9 Å². The fourth-order valence-corrected chi connectivity index (χ4v) is 3.41. The van der Waals surface area contributed by atoms with Crippen LogP contribution in [0.3, 0.4) is 0 Å². The van der Waals surface area contributed by atoms with Gasteiger partial charge in [-0.2, -0.15) is 0 Å². The van der Waals surface area contributed by atoms with Gasteiger partial charge in [0.25, 0.3) is 0 Å². The molecule has 0 fully saturated rings. The van der Waals surface area contributed by atoms with Crippen molar-refractivity contribution in [3.63, 3.8) is 0 Å². The van der Waals surface area contributed by atoms with Crippen LogP contribution in [0.5, 0.6) is 0 Å². The van der Waals surface area contributed by atoms with Crippen molar-refractivity contribution in [3.8, 4) is 0 Å². The summed E-state index contributed by atoms with van der Waals surface area (Å²) in [4.78, 5) is 35.7. The smallest absolute Gasteiger partial charge is 0.340 e. The summed E-state index contributed by atoms with van der Waals surface area (Å²) < 4.78 is 11.1. The van der Waals surface area contributed by atoms with Gasteiger partial charge in [0, 0.05) is 5.39 Å². The van der Waals surface area contributed by atoms with Crippen molar-refractivity contribution >= 4 is 33.8 Å². The highest BCUT2D eigenvalue weighted by atomic mass is 16.4. The van der Waals surface area contributed by atoms with Crippen LogP contribution >= 0.6 is 0 Å². The largest absolute Gasteiger partial charge is 0.548 e. The highest BCUT2D eigenvalue weighted by Gasteiger charge is 2.21. The number of carboxylic acid groups (broad SMARTS) is 1. The molecule has 0 saturated heterocycles. The standard InChI is InChI=1S/C20H21NO6/c1-5-13(19(23)24)21-15(22)7-12-11(4)17-14(27-20(12)25)6-9(2)16-10(3)8-26-18(16)17/h6,8,13H,5,7H2,1-4H3,(H,21,22)(H,23,24)/p-1/t13-/m1/s1. The Morgan fingerprint density at radius 2 is 1.89 bits per heavy atom. The number of carbonyl (C=O) groups excluding carboxylic acids is 2. The van der Waals surface area contributed by atoms with E-state index < -0.39 is 23.5 Å². The Balaban J connectivity index is 2.10. The van der Waals surface area contributed by atoms with Crippen LogP contribution in [0.1, 0.15) is 35.6 Å². The number of aryl methyl sites for hydroxylation is 3. The van der Waals surface area contributed by atoms with Gasteiger partial charge in [0.15, 0.2) is 0 Å². The number of rotatable bonds is 5. The molecule has 2 heterocycles. The summed E-state index contributed by atoms with van der Waals surface area (Å²) in [7, 11) is 0. The van der Waals surface area contributed by atoms with Crippen LogP contribution < -0.4 is 16.0 Å². The van der Waals surface area contributed by atoms with Gasteiger partial charge >= 0.3 is 5.63 Å². The Hall–Kier alpha value is -3.09. The molecule has 7 nitrogen and oxygen atoms in total. The number of amides is 1. The number of carbonyl (C=O) groups is 2. The second-order valence-electron chi connectivity index (χ2n) is 6.71. The van der Waals surface area contributed by atoms with Crippen LogP contribution in [-0.2, 0) is 16.0 Å². The van der Waals surface area contributed by atoms with Crippen LogP contribution in [0.2, 0.25) is 0 Å². The summed E-state index contributed by atoms with van der Waals surface area (Å²) in [6, 6.07) is 0.675. The van der Waals surface area contributed by atoms with Crippen molar-refractivity contribution in [3.05, 3.63) is 45.0 Å². The molecule has 0 aliphatic carbocycles. The molecule has 0 spiro atoms. The van der Waals surface area contributed by atoms with Gasteiger partial charge in [0.05, 0.1) is 35.6 Å². The van der Waals surface area contributed by atoms with Gasteiger partial charge in [-0.25, -0.2) is 4.79 Å². The van der Waals surface area contributed by atoms with E-state index in [0.29, 0.717) is 22.1 Å². The van der Waals surface area contributed by atoms with Crippen LogP contribution in [-0.4, -0.2) is 17.9 Å². The van der Waals surface area contributed by atoms with Gasteiger partial charge in [-0.05, 0) is 49.9 Å². The summed E-state index contributed by atoms with van der Waals surface area (Å²) in [5.41, 5.74) is 3.02. The van der Waals surface area contributed by atoms with E-state index in [9.17, 15) is 19.5 Å². The van der Waals surface area contributed by atoms with Gasteiger partial charge < -0.3 is 24.1 Å². The third kappa shape index (κ3) is 3.20. The van der Waals surface area contributed by atoms with Crippen LogP contribution in [0.4, 0.5) is 0 Å². The van der Waals surface area contributed by atoms with Crippen molar-refractivity contribution < 1.29 is 23.5 Å². The Morgan fingerprint density at radius 1 is 1.19 bits per heavy atom. The molecule has 0 saturated carbocycles. The molecular weight excluding hydrogens is 350 g/mol. The number of hydrogen-bond donors (Lipinski definition) is 1. The molecule has 0 unspecified atom stereocenters. The molecule has 0 radical (unpaired) electrons. The number of aliphatic carboxylic acids is 1. The van der Waals surface area contributed by atoms with Gasteiger partial charge in [-0.15, -0.1) is 0 Å². The van der Waals surface area contributed by atoms with E-state index in [1.807, 2.05) is 13.8 Å². The predicted molar refractivity (Wildman–Crippen MR) is 97.4 cm³/mol. The van der Waals surface area contributed by atoms with Gasteiger partial charge in [0.1, 0.15) is 11.2 Å². The van der Waals surface area contributed by atoms with E-state index in [2.05, 4.69) is 5.32 Å². The molecule has 0 aliphatic rings. The van der Waals surface area contributed by atoms with Gasteiger partial charge in [0.2, 0.25) is 5.91 Å². The molecule has 0 bridgehead atoms. The molecule has 1 atom stereocenters. The molecule has 142 valence electrons. The van der Waals surface area contributed by atoms with E-state index in [0.717, 1.165) is 16.5 Å². The molecule has 1 aromatic carbocycles. The maximum Gasteiger partial charge on any atom is 0.340 e. The maximum absolute atomic E-state index is 12.4. The Morgan fingerprint density at radius 3 is 2.52 bits per heavy atom. The normalized spacial score (nSPS) is 12.4. The van der Waals surface area contributed by atoms with Crippen molar-refractivity contribution in [1.29, 1.82) is 0 Å². The third-order valence-electron chi connectivity index (χ3n) is 4.83. The number of fused-ring (bicyclic) bond motifs is 3. The zero-order valence-corrected chi connectivity index (χ0v) is 15.6. The lowest BCUT2D eigenvalue weighted by Crippen LogP contribution is -2.48. The zero-order chi connectivity index (χ0) is 19.9. The summed E-state index contributed by atoms with van der Waals surface area (Å²) in [5.74, 6) is -1.95. The van der Waals surface area contributed by atoms with Crippen molar-refractivity contribution in [1.82, 2.24) is 5.32 Å². The summed E-state index contributed by atoms with van der Waals surface area (Å²) in [5, 5.41) is 14.9. The monoisotopic (exact) mass is 370 g/mol. The Labute approximate surface area is 155 Å². The highest BCUT2D eigenvalue weighted by Crippen LogP contribution is 2.34. The molecule has 0 aliphatic heterocycles. The second-order valence-corrected chi connectivity index (χ2v) is 6.71. The van der Waals surface area contributed by atoms with E-state index in [1.54, 1.807) is 26.2 Å². The van der Waals surface area contributed by atoms with Crippen molar-refractivity contribution in [2.24, 2.45) is 0 Å². The number of hydrogen-bond acceptors (Lipinski definition) is 6.